The normalized spacial score (nSPS) is 13.3. The molecule has 1 heterocycles. The maximum absolute atomic E-state index is 13.6. The molecular formula is C14H18BrFN2OS. The van der Waals surface area contributed by atoms with E-state index >= 15 is 0 Å². The van der Waals surface area contributed by atoms with Gasteiger partial charge >= 0.3 is 0 Å². The van der Waals surface area contributed by atoms with E-state index < -0.39 is 0 Å². The third kappa shape index (κ3) is 2.97. The van der Waals surface area contributed by atoms with Crippen molar-refractivity contribution in [1.29, 1.82) is 0 Å². The van der Waals surface area contributed by atoms with Gasteiger partial charge in [0, 0.05) is 12.7 Å². The molecule has 0 spiro atoms. The van der Waals surface area contributed by atoms with Crippen molar-refractivity contribution in [2.75, 3.05) is 13.2 Å². The number of halogens is 2. The van der Waals surface area contributed by atoms with Crippen LogP contribution in [0.3, 0.4) is 0 Å². The number of aromatic amines is 1. The summed E-state index contributed by atoms with van der Waals surface area (Å²) in [5.74, 6) is 0.0582. The first-order chi connectivity index (χ1) is 9.45. The van der Waals surface area contributed by atoms with Crippen LogP contribution in [0.25, 0.3) is 11.0 Å². The van der Waals surface area contributed by atoms with Crippen molar-refractivity contribution in [2.45, 2.75) is 26.8 Å². The zero-order valence-electron chi connectivity index (χ0n) is 11.7. The second kappa shape index (κ2) is 6.37. The van der Waals surface area contributed by atoms with Gasteiger partial charge in [0.15, 0.2) is 4.77 Å². The van der Waals surface area contributed by atoms with E-state index in [2.05, 4.69) is 34.8 Å². The van der Waals surface area contributed by atoms with Crippen molar-refractivity contribution in [3.05, 3.63) is 27.2 Å². The Morgan fingerprint density at radius 3 is 2.75 bits per heavy atom. The van der Waals surface area contributed by atoms with Gasteiger partial charge in [-0.1, -0.05) is 13.8 Å². The molecular weight excluding hydrogens is 343 g/mol. The molecule has 2 rings (SSSR count). The molecule has 0 fully saturated rings. The number of aromatic nitrogens is 2. The Bertz CT molecular complexity index is 665. The number of nitrogens with one attached hydrogen (secondary N) is 1. The van der Waals surface area contributed by atoms with Crippen LogP contribution < -0.4 is 0 Å². The average Bonchev–Trinajstić information content (AvgIpc) is 2.67. The standard InChI is InChI=1S/C14H18BrFN2OS/c1-4-19-7-13(8(2)3)18-12-5-9(15)10(16)6-11(12)17-14(18)20/h5-6,8,13H,4,7H2,1-3H3,(H,17,20). The summed E-state index contributed by atoms with van der Waals surface area (Å²) in [7, 11) is 0. The Morgan fingerprint density at radius 1 is 1.45 bits per heavy atom. The number of H-pyrrole nitrogens is 1. The Hall–Kier alpha value is -0.720. The minimum Gasteiger partial charge on any atom is -0.380 e. The van der Waals surface area contributed by atoms with E-state index in [0.29, 0.717) is 33.9 Å². The highest BCUT2D eigenvalue weighted by atomic mass is 79.9. The third-order valence-electron chi connectivity index (χ3n) is 3.35. The molecule has 0 aliphatic carbocycles. The summed E-state index contributed by atoms with van der Waals surface area (Å²) in [4.78, 5) is 3.07. The summed E-state index contributed by atoms with van der Waals surface area (Å²) in [5, 5.41) is 0. The molecule has 6 heteroatoms. The number of imidazole rings is 1. The second-order valence-electron chi connectivity index (χ2n) is 5.05. The highest BCUT2D eigenvalue weighted by Gasteiger charge is 2.20. The van der Waals surface area contributed by atoms with Crippen LogP contribution >= 0.6 is 28.1 Å². The molecule has 0 bridgehead atoms. The lowest BCUT2D eigenvalue weighted by atomic mass is 10.0. The first kappa shape index (κ1) is 15.7. The zero-order valence-corrected chi connectivity index (χ0v) is 14.1. The highest BCUT2D eigenvalue weighted by molar-refractivity contribution is 9.10. The summed E-state index contributed by atoms with van der Waals surface area (Å²) >= 11 is 8.63. The number of ether oxygens (including phenoxy) is 1. The van der Waals surface area contributed by atoms with Crippen molar-refractivity contribution < 1.29 is 9.13 Å². The number of hydrogen-bond donors (Lipinski definition) is 1. The summed E-state index contributed by atoms with van der Waals surface area (Å²) in [5.41, 5.74) is 1.60. The van der Waals surface area contributed by atoms with Gasteiger partial charge in [-0.2, -0.15) is 0 Å². The van der Waals surface area contributed by atoms with E-state index in [1.807, 2.05) is 11.5 Å². The Balaban J connectivity index is 2.59. The van der Waals surface area contributed by atoms with Gasteiger partial charge in [-0.05, 0) is 47.1 Å². The number of nitrogens with zero attached hydrogens (tertiary/aromatic N) is 1. The molecule has 20 heavy (non-hydrogen) atoms. The van der Waals surface area contributed by atoms with Gasteiger partial charge in [0.25, 0.3) is 0 Å². The van der Waals surface area contributed by atoms with E-state index in [4.69, 9.17) is 17.0 Å². The fourth-order valence-corrected chi connectivity index (χ4v) is 2.93. The van der Waals surface area contributed by atoms with Crippen molar-refractivity contribution in [3.8, 4) is 0 Å². The molecule has 0 amide bonds. The van der Waals surface area contributed by atoms with E-state index in [-0.39, 0.29) is 11.9 Å². The van der Waals surface area contributed by atoms with Gasteiger partial charge in [-0.3, -0.25) is 0 Å². The first-order valence-corrected chi connectivity index (χ1v) is 7.82. The van der Waals surface area contributed by atoms with Gasteiger partial charge in [0.05, 0.1) is 28.2 Å². The first-order valence-electron chi connectivity index (χ1n) is 6.62. The lowest BCUT2D eigenvalue weighted by Crippen LogP contribution is -2.21. The lowest BCUT2D eigenvalue weighted by Gasteiger charge is -2.23. The summed E-state index contributed by atoms with van der Waals surface area (Å²) < 4.78 is 22.2. The van der Waals surface area contributed by atoms with Crippen molar-refractivity contribution >= 4 is 39.2 Å². The van der Waals surface area contributed by atoms with Crippen molar-refractivity contribution in [1.82, 2.24) is 9.55 Å². The Labute approximate surface area is 131 Å². The quantitative estimate of drug-likeness (QED) is 0.773. The fraction of sp³-hybridized carbons (Fsp3) is 0.500. The molecule has 1 aromatic heterocycles. The lowest BCUT2D eigenvalue weighted by molar-refractivity contribution is 0.0974. The van der Waals surface area contributed by atoms with Crippen LogP contribution in [-0.4, -0.2) is 22.8 Å². The van der Waals surface area contributed by atoms with Gasteiger partial charge in [0.1, 0.15) is 5.82 Å². The molecule has 0 radical (unpaired) electrons. The number of hydrogen-bond acceptors (Lipinski definition) is 2. The summed E-state index contributed by atoms with van der Waals surface area (Å²) in [6, 6.07) is 3.34. The third-order valence-corrected chi connectivity index (χ3v) is 4.26. The van der Waals surface area contributed by atoms with Gasteiger partial charge in [-0.25, -0.2) is 4.39 Å². The van der Waals surface area contributed by atoms with Crippen LogP contribution in [0.4, 0.5) is 4.39 Å². The minimum absolute atomic E-state index is 0.119. The minimum atomic E-state index is -0.299. The van der Waals surface area contributed by atoms with Crippen LogP contribution in [0.2, 0.25) is 0 Å². The maximum atomic E-state index is 13.6. The molecule has 1 unspecified atom stereocenters. The predicted octanol–water partition coefficient (Wildman–Crippen LogP) is 4.83. The topological polar surface area (TPSA) is 29.9 Å². The van der Waals surface area contributed by atoms with Crippen molar-refractivity contribution in [2.24, 2.45) is 5.92 Å². The molecule has 1 N–H and O–H groups in total. The van der Waals surface area contributed by atoms with E-state index in [9.17, 15) is 4.39 Å². The fourth-order valence-electron chi connectivity index (χ4n) is 2.25. The SMILES string of the molecule is CCOCC(C(C)C)n1c(=S)[nH]c2cc(F)c(Br)cc21. The van der Waals surface area contributed by atoms with Crippen molar-refractivity contribution in [3.63, 3.8) is 0 Å². The molecule has 1 atom stereocenters. The van der Waals surface area contributed by atoms with Crippen LogP contribution in [0.15, 0.2) is 16.6 Å². The zero-order chi connectivity index (χ0) is 14.9. The molecule has 0 aliphatic heterocycles. The van der Waals surface area contributed by atoms with E-state index in [1.165, 1.54) is 6.07 Å². The smallest absolute Gasteiger partial charge is 0.178 e. The molecule has 2 aromatic rings. The molecule has 3 nitrogen and oxygen atoms in total. The Morgan fingerprint density at radius 2 is 2.15 bits per heavy atom. The highest BCUT2D eigenvalue weighted by Crippen LogP contribution is 2.28. The second-order valence-corrected chi connectivity index (χ2v) is 6.30. The average molecular weight is 361 g/mol. The predicted molar refractivity (Wildman–Crippen MR) is 85.1 cm³/mol. The monoisotopic (exact) mass is 360 g/mol. The maximum Gasteiger partial charge on any atom is 0.178 e. The number of fused-ring (bicyclic) bond motifs is 1. The molecule has 0 saturated carbocycles. The van der Waals surface area contributed by atoms with Crippen LogP contribution in [-0.2, 0) is 4.74 Å². The van der Waals surface area contributed by atoms with Crippen LogP contribution in [0, 0.1) is 16.5 Å². The van der Waals surface area contributed by atoms with Gasteiger partial charge in [-0.15, -0.1) is 0 Å². The van der Waals surface area contributed by atoms with E-state index in [1.54, 1.807) is 6.07 Å². The van der Waals surface area contributed by atoms with Gasteiger partial charge in [0.2, 0.25) is 0 Å². The van der Waals surface area contributed by atoms with Crippen LogP contribution in [0.1, 0.15) is 26.8 Å². The van der Waals surface area contributed by atoms with E-state index in [0.717, 1.165) is 5.52 Å². The number of benzene rings is 1. The van der Waals surface area contributed by atoms with Gasteiger partial charge < -0.3 is 14.3 Å². The summed E-state index contributed by atoms with van der Waals surface area (Å²) in [6.45, 7) is 7.48. The van der Waals surface area contributed by atoms with Crippen LogP contribution in [0.5, 0.6) is 0 Å². The largest absolute Gasteiger partial charge is 0.380 e. The molecule has 1 aromatic carbocycles. The Kier molecular flexibility index (Phi) is 4.99. The molecule has 0 saturated heterocycles. The molecule has 0 aliphatic rings. The number of rotatable bonds is 5. The summed E-state index contributed by atoms with van der Waals surface area (Å²) in [6.07, 6.45) is 0. The molecule has 110 valence electrons.